The van der Waals surface area contributed by atoms with E-state index in [1.54, 1.807) is 6.20 Å². The molecule has 19 heavy (non-hydrogen) atoms. The van der Waals surface area contributed by atoms with Crippen LogP contribution in [0.15, 0.2) is 12.3 Å². The summed E-state index contributed by atoms with van der Waals surface area (Å²) >= 11 is 12.0. The van der Waals surface area contributed by atoms with Crippen molar-refractivity contribution in [2.75, 3.05) is 11.4 Å². The van der Waals surface area contributed by atoms with Gasteiger partial charge in [-0.3, -0.25) is 0 Å². The Morgan fingerprint density at radius 2 is 1.89 bits per heavy atom. The van der Waals surface area contributed by atoms with Gasteiger partial charge in [-0.1, -0.05) is 39.3 Å². The number of hydrogen-bond acceptors (Lipinski definition) is 2. The maximum atomic E-state index is 6.09. The molecule has 0 radical (unpaired) electrons. The summed E-state index contributed by atoms with van der Waals surface area (Å²) in [5, 5.41) is 0.646. The quantitative estimate of drug-likeness (QED) is 0.650. The van der Waals surface area contributed by atoms with Gasteiger partial charge in [0, 0.05) is 24.7 Å². The van der Waals surface area contributed by atoms with Crippen LogP contribution in [0.4, 0.5) is 5.82 Å². The maximum absolute atomic E-state index is 6.09. The monoisotopic (exact) mass is 302 g/mol. The molecule has 2 nitrogen and oxygen atoms in total. The molecular formula is C15H24Cl2N2. The first-order chi connectivity index (χ1) is 9.03. The lowest BCUT2D eigenvalue weighted by atomic mass is 10.1. The molecule has 0 unspecified atom stereocenters. The van der Waals surface area contributed by atoms with Crippen molar-refractivity contribution >= 4 is 29.0 Å². The van der Waals surface area contributed by atoms with E-state index in [9.17, 15) is 0 Å². The molecule has 1 aromatic heterocycles. The molecule has 1 heterocycles. The minimum Gasteiger partial charge on any atom is -0.353 e. The number of alkyl halides is 1. The highest BCUT2D eigenvalue weighted by molar-refractivity contribution is 6.32. The zero-order valence-electron chi connectivity index (χ0n) is 12.3. The number of rotatable bonds is 7. The van der Waals surface area contributed by atoms with E-state index in [2.05, 4.69) is 37.6 Å². The second-order valence-electron chi connectivity index (χ2n) is 5.28. The van der Waals surface area contributed by atoms with Gasteiger partial charge in [0.15, 0.2) is 0 Å². The fourth-order valence-electron chi connectivity index (χ4n) is 2.28. The Morgan fingerprint density at radius 3 is 2.37 bits per heavy atom. The highest BCUT2D eigenvalue weighted by atomic mass is 35.5. The van der Waals surface area contributed by atoms with Crippen LogP contribution in [0.1, 0.15) is 46.1 Å². The Balaban J connectivity index is 3.08. The predicted molar refractivity (Wildman–Crippen MR) is 85.4 cm³/mol. The second kappa shape index (κ2) is 7.96. The molecule has 0 N–H and O–H groups in total. The molecule has 0 bridgehead atoms. The van der Waals surface area contributed by atoms with E-state index in [0.29, 0.717) is 22.9 Å². The molecule has 0 amide bonds. The standard InChI is InChI=1S/C15H24Cl2N2/c1-5-13(6-2)19(10-11(3)4)15-7-12(8-16)14(17)9-18-15/h7,9,11,13H,5-6,8,10H2,1-4H3. The third kappa shape index (κ3) is 4.54. The van der Waals surface area contributed by atoms with Crippen LogP contribution in [0.5, 0.6) is 0 Å². The Labute approximate surface area is 127 Å². The molecule has 0 aliphatic heterocycles. The molecule has 1 aromatic rings. The van der Waals surface area contributed by atoms with Crippen LogP contribution in [-0.4, -0.2) is 17.6 Å². The molecule has 108 valence electrons. The van der Waals surface area contributed by atoms with Gasteiger partial charge in [-0.15, -0.1) is 11.6 Å². The largest absolute Gasteiger partial charge is 0.353 e. The molecule has 0 saturated heterocycles. The van der Waals surface area contributed by atoms with Crippen LogP contribution in [0.3, 0.4) is 0 Å². The number of anilines is 1. The van der Waals surface area contributed by atoms with Crippen LogP contribution in [0.25, 0.3) is 0 Å². The van der Waals surface area contributed by atoms with E-state index < -0.39 is 0 Å². The summed E-state index contributed by atoms with van der Waals surface area (Å²) in [7, 11) is 0. The first-order valence-electron chi connectivity index (χ1n) is 7.00. The molecule has 0 aliphatic carbocycles. The zero-order chi connectivity index (χ0) is 14.4. The average molecular weight is 303 g/mol. The third-order valence-corrected chi connectivity index (χ3v) is 3.93. The Morgan fingerprint density at radius 1 is 1.26 bits per heavy atom. The summed E-state index contributed by atoms with van der Waals surface area (Å²) in [6, 6.07) is 2.54. The van der Waals surface area contributed by atoms with E-state index in [0.717, 1.165) is 30.8 Å². The molecule has 0 saturated carbocycles. The number of halogens is 2. The van der Waals surface area contributed by atoms with Crippen LogP contribution < -0.4 is 4.90 Å². The molecule has 0 aromatic carbocycles. The molecule has 4 heteroatoms. The lowest BCUT2D eigenvalue weighted by Crippen LogP contribution is -2.38. The summed E-state index contributed by atoms with van der Waals surface area (Å²) < 4.78 is 0. The van der Waals surface area contributed by atoms with Gasteiger partial charge in [0.25, 0.3) is 0 Å². The van der Waals surface area contributed by atoms with Crippen molar-refractivity contribution in [2.24, 2.45) is 5.92 Å². The number of nitrogens with zero attached hydrogens (tertiary/aromatic N) is 2. The van der Waals surface area contributed by atoms with Crippen molar-refractivity contribution in [3.8, 4) is 0 Å². The molecule has 0 fully saturated rings. The minimum absolute atomic E-state index is 0.423. The average Bonchev–Trinajstić information content (AvgIpc) is 2.39. The summed E-state index contributed by atoms with van der Waals surface area (Å²) in [6.07, 6.45) is 3.94. The lowest BCUT2D eigenvalue weighted by molar-refractivity contribution is 0.503. The smallest absolute Gasteiger partial charge is 0.129 e. The number of pyridine rings is 1. The highest BCUT2D eigenvalue weighted by Crippen LogP contribution is 2.25. The zero-order valence-corrected chi connectivity index (χ0v) is 13.8. The topological polar surface area (TPSA) is 16.1 Å². The van der Waals surface area contributed by atoms with Crippen molar-refractivity contribution in [1.29, 1.82) is 0 Å². The minimum atomic E-state index is 0.423. The van der Waals surface area contributed by atoms with Gasteiger partial charge in [-0.05, 0) is 30.4 Å². The molecule has 0 aliphatic rings. The van der Waals surface area contributed by atoms with Crippen LogP contribution in [0, 0.1) is 5.92 Å². The number of hydrogen-bond donors (Lipinski definition) is 0. The fourth-order valence-corrected chi connectivity index (χ4v) is 2.74. The van der Waals surface area contributed by atoms with Gasteiger partial charge < -0.3 is 4.90 Å². The van der Waals surface area contributed by atoms with Gasteiger partial charge in [0.2, 0.25) is 0 Å². The van der Waals surface area contributed by atoms with E-state index in [-0.39, 0.29) is 0 Å². The van der Waals surface area contributed by atoms with E-state index >= 15 is 0 Å². The van der Waals surface area contributed by atoms with Crippen molar-refractivity contribution in [2.45, 2.75) is 52.5 Å². The highest BCUT2D eigenvalue weighted by Gasteiger charge is 2.18. The van der Waals surface area contributed by atoms with Crippen molar-refractivity contribution in [3.63, 3.8) is 0 Å². The normalized spacial score (nSPS) is 11.4. The third-order valence-electron chi connectivity index (χ3n) is 3.30. The molecular weight excluding hydrogens is 279 g/mol. The van der Waals surface area contributed by atoms with Crippen LogP contribution >= 0.6 is 23.2 Å². The van der Waals surface area contributed by atoms with Gasteiger partial charge in [-0.2, -0.15) is 0 Å². The molecule has 0 atom stereocenters. The summed E-state index contributed by atoms with van der Waals surface area (Å²) in [4.78, 5) is 6.88. The van der Waals surface area contributed by atoms with Crippen molar-refractivity contribution in [3.05, 3.63) is 22.8 Å². The van der Waals surface area contributed by atoms with E-state index in [1.165, 1.54) is 0 Å². The number of aromatic nitrogens is 1. The first-order valence-corrected chi connectivity index (χ1v) is 7.91. The maximum Gasteiger partial charge on any atom is 0.129 e. The Bertz CT molecular complexity index is 390. The van der Waals surface area contributed by atoms with Gasteiger partial charge >= 0.3 is 0 Å². The van der Waals surface area contributed by atoms with E-state index in [1.807, 2.05) is 6.07 Å². The van der Waals surface area contributed by atoms with Crippen LogP contribution in [-0.2, 0) is 5.88 Å². The Hall–Kier alpha value is -0.470. The molecule has 0 spiro atoms. The van der Waals surface area contributed by atoms with Crippen LogP contribution in [0.2, 0.25) is 5.02 Å². The molecule has 1 rings (SSSR count). The van der Waals surface area contributed by atoms with Crippen molar-refractivity contribution in [1.82, 2.24) is 4.98 Å². The van der Waals surface area contributed by atoms with Gasteiger partial charge in [0.1, 0.15) is 5.82 Å². The predicted octanol–water partition coefficient (Wildman–Crippen LogP) is 5.12. The summed E-state index contributed by atoms with van der Waals surface area (Å²) in [5.41, 5.74) is 0.952. The van der Waals surface area contributed by atoms with Crippen molar-refractivity contribution < 1.29 is 0 Å². The SMILES string of the molecule is CCC(CC)N(CC(C)C)c1cc(CCl)c(Cl)cn1. The van der Waals surface area contributed by atoms with Gasteiger partial charge in [-0.25, -0.2) is 4.98 Å². The van der Waals surface area contributed by atoms with Gasteiger partial charge in [0.05, 0.1) is 5.02 Å². The first kappa shape index (κ1) is 16.6. The van der Waals surface area contributed by atoms with E-state index in [4.69, 9.17) is 23.2 Å². The summed E-state index contributed by atoms with van der Waals surface area (Å²) in [6.45, 7) is 9.91. The lowest BCUT2D eigenvalue weighted by Gasteiger charge is -2.33. The second-order valence-corrected chi connectivity index (χ2v) is 5.96. The fraction of sp³-hybridized carbons (Fsp3) is 0.667. The Kier molecular flexibility index (Phi) is 6.95. The summed E-state index contributed by atoms with van der Waals surface area (Å²) in [5.74, 6) is 2.01.